The van der Waals surface area contributed by atoms with Crippen LogP contribution in [-0.4, -0.2) is 6.54 Å². The van der Waals surface area contributed by atoms with Crippen LogP contribution in [0.25, 0.3) is 0 Å². The molecule has 0 bridgehead atoms. The van der Waals surface area contributed by atoms with Crippen LogP contribution in [0, 0.1) is 18.3 Å². The van der Waals surface area contributed by atoms with Crippen molar-refractivity contribution in [2.75, 3.05) is 11.4 Å². The van der Waals surface area contributed by atoms with E-state index >= 15 is 0 Å². The summed E-state index contributed by atoms with van der Waals surface area (Å²) < 4.78 is 0. The minimum atomic E-state index is 0.693. The van der Waals surface area contributed by atoms with E-state index in [1.807, 2.05) is 24.3 Å². The monoisotopic (exact) mass is 236 g/mol. The third-order valence-electron chi connectivity index (χ3n) is 2.97. The average molecular weight is 236 g/mol. The van der Waals surface area contributed by atoms with Crippen molar-refractivity contribution in [3.05, 3.63) is 59.7 Å². The molecule has 2 rings (SSSR count). The Balaban J connectivity index is 2.33. The van der Waals surface area contributed by atoms with Crippen molar-refractivity contribution in [3.8, 4) is 6.07 Å². The fourth-order valence-electron chi connectivity index (χ4n) is 1.95. The number of benzene rings is 2. The summed E-state index contributed by atoms with van der Waals surface area (Å²) in [4.78, 5) is 2.22. The molecule has 18 heavy (non-hydrogen) atoms. The van der Waals surface area contributed by atoms with Gasteiger partial charge in [0.2, 0.25) is 0 Å². The average Bonchev–Trinajstić information content (AvgIpc) is 2.42. The molecule has 0 aromatic heterocycles. The van der Waals surface area contributed by atoms with Gasteiger partial charge in [0.15, 0.2) is 0 Å². The van der Waals surface area contributed by atoms with Crippen molar-refractivity contribution in [1.29, 1.82) is 5.26 Å². The molecule has 0 aliphatic carbocycles. The Morgan fingerprint density at radius 1 is 0.944 bits per heavy atom. The number of nitrogens with zero attached hydrogens (tertiary/aromatic N) is 2. The Morgan fingerprint density at radius 3 is 1.89 bits per heavy atom. The standard InChI is InChI=1S/C16H16N2/c1-3-18(15-8-4-13(2)5-9-15)16-10-6-14(12-17)7-11-16/h4-11H,3H2,1-2H3. The molecule has 0 aliphatic rings. The predicted octanol–water partition coefficient (Wildman–Crippen LogP) is 4.02. The highest BCUT2D eigenvalue weighted by molar-refractivity contribution is 5.64. The maximum atomic E-state index is 8.81. The zero-order valence-corrected chi connectivity index (χ0v) is 10.7. The van der Waals surface area contributed by atoms with Gasteiger partial charge in [-0.1, -0.05) is 17.7 Å². The van der Waals surface area contributed by atoms with E-state index in [0.717, 1.165) is 12.2 Å². The first-order chi connectivity index (χ1) is 8.74. The number of rotatable bonds is 3. The summed E-state index contributed by atoms with van der Waals surface area (Å²) in [6, 6.07) is 18.3. The third kappa shape index (κ3) is 2.52. The number of nitriles is 1. The van der Waals surface area contributed by atoms with Gasteiger partial charge in [0, 0.05) is 17.9 Å². The lowest BCUT2D eigenvalue weighted by Crippen LogP contribution is -2.15. The van der Waals surface area contributed by atoms with E-state index < -0.39 is 0 Å². The van der Waals surface area contributed by atoms with Gasteiger partial charge in [0.25, 0.3) is 0 Å². The summed E-state index contributed by atoms with van der Waals surface area (Å²) >= 11 is 0. The highest BCUT2D eigenvalue weighted by Crippen LogP contribution is 2.25. The summed E-state index contributed by atoms with van der Waals surface area (Å²) in [7, 11) is 0. The highest BCUT2D eigenvalue weighted by atomic mass is 15.1. The number of anilines is 2. The molecule has 0 atom stereocenters. The van der Waals surface area contributed by atoms with Gasteiger partial charge in [-0.25, -0.2) is 0 Å². The number of hydrogen-bond donors (Lipinski definition) is 0. The molecule has 0 saturated carbocycles. The summed E-state index contributed by atoms with van der Waals surface area (Å²) in [6.45, 7) is 5.11. The molecule has 2 aromatic carbocycles. The predicted molar refractivity (Wildman–Crippen MR) is 75.0 cm³/mol. The van der Waals surface area contributed by atoms with Crippen LogP contribution in [0.4, 0.5) is 11.4 Å². The first kappa shape index (κ1) is 12.2. The quantitative estimate of drug-likeness (QED) is 0.804. The second-order valence-corrected chi connectivity index (χ2v) is 4.24. The van der Waals surface area contributed by atoms with Crippen LogP contribution in [0.1, 0.15) is 18.1 Å². The molecule has 0 amide bonds. The van der Waals surface area contributed by atoms with Crippen LogP contribution in [0.3, 0.4) is 0 Å². The smallest absolute Gasteiger partial charge is 0.0991 e. The SMILES string of the molecule is CCN(c1ccc(C)cc1)c1ccc(C#N)cc1. The fourth-order valence-corrected chi connectivity index (χ4v) is 1.95. The van der Waals surface area contributed by atoms with Crippen molar-refractivity contribution in [2.24, 2.45) is 0 Å². The van der Waals surface area contributed by atoms with Gasteiger partial charge in [-0.05, 0) is 50.2 Å². The summed E-state index contributed by atoms with van der Waals surface area (Å²) in [5.41, 5.74) is 4.24. The molecule has 0 saturated heterocycles. The Hall–Kier alpha value is -2.27. The van der Waals surface area contributed by atoms with Crippen molar-refractivity contribution in [3.63, 3.8) is 0 Å². The molecule has 2 aromatic rings. The molecule has 2 nitrogen and oxygen atoms in total. The van der Waals surface area contributed by atoms with Crippen molar-refractivity contribution in [1.82, 2.24) is 0 Å². The minimum Gasteiger partial charge on any atom is -0.342 e. The van der Waals surface area contributed by atoms with Gasteiger partial charge in [-0.2, -0.15) is 5.26 Å². The highest BCUT2D eigenvalue weighted by Gasteiger charge is 2.06. The number of aryl methyl sites for hydroxylation is 1. The van der Waals surface area contributed by atoms with E-state index in [9.17, 15) is 0 Å². The minimum absolute atomic E-state index is 0.693. The zero-order valence-electron chi connectivity index (χ0n) is 10.7. The topological polar surface area (TPSA) is 27.0 Å². The zero-order chi connectivity index (χ0) is 13.0. The molecule has 2 heteroatoms. The Labute approximate surface area is 108 Å². The van der Waals surface area contributed by atoms with Crippen LogP contribution in [0.15, 0.2) is 48.5 Å². The van der Waals surface area contributed by atoms with Crippen LogP contribution in [-0.2, 0) is 0 Å². The van der Waals surface area contributed by atoms with Crippen LogP contribution in [0.2, 0.25) is 0 Å². The van der Waals surface area contributed by atoms with Gasteiger partial charge < -0.3 is 4.90 Å². The van der Waals surface area contributed by atoms with E-state index in [1.165, 1.54) is 11.3 Å². The second-order valence-electron chi connectivity index (χ2n) is 4.24. The summed E-state index contributed by atoms with van der Waals surface area (Å²) in [5.74, 6) is 0. The molecule has 0 radical (unpaired) electrons. The lowest BCUT2D eigenvalue weighted by atomic mass is 10.1. The summed E-state index contributed by atoms with van der Waals surface area (Å²) in [5, 5.41) is 8.81. The van der Waals surface area contributed by atoms with Crippen molar-refractivity contribution >= 4 is 11.4 Å². The van der Waals surface area contributed by atoms with Crippen LogP contribution >= 0.6 is 0 Å². The molecule has 0 unspecified atom stereocenters. The van der Waals surface area contributed by atoms with Crippen LogP contribution in [0.5, 0.6) is 0 Å². The van der Waals surface area contributed by atoms with E-state index in [1.54, 1.807) is 0 Å². The largest absolute Gasteiger partial charge is 0.342 e. The first-order valence-corrected chi connectivity index (χ1v) is 6.09. The molecule has 90 valence electrons. The third-order valence-corrected chi connectivity index (χ3v) is 2.97. The van der Waals surface area contributed by atoms with E-state index in [0.29, 0.717) is 5.56 Å². The van der Waals surface area contributed by atoms with Gasteiger partial charge >= 0.3 is 0 Å². The Kier molecular flexibility index (Phi) is 3.64. The normalized spacial score (nSPS) is 9.83. The van der Waals surface area contributed by atoms with Crippen molar-refractivity contribution in [2.45, 2.75) is 13.8 Å². The lowest BCUT2D eigenvalue weighted by molar-refractivity contribution is 1.02. The maximum absolute atomic E-state index is 8.81. The molecular formula is C16H16N2. The maximum Gasteiger partial charge on any atom is 0.0991 e. The summed E-state index contributed by atoms with van der Waals surface area (Å²) in [6.07, 6.45) is 0. The fraction of sp³-hybridized carbons (Fsp3) is 0.188. The second kappa shape index (κ2) is 5.37. The van der Waals surface area contributed by atoms with Crippen LogP contribution < -0.4 is 4.90 Å². The molecule has 0 N–H and O–H groups in total. The first-order valence-electron chi connectivity index (χ1n) is 6.09. The molecule has 0 heterocycles. The number of hydrogen-bond acceptors (Lipinski definition) is 2. The lowest BCUT2D eigenvalue weighted by Gasteiger charge is -2.23. The Bertz CT molecular complexity index is 547. The van der Waals surface area contributed by atoms with E-state index in [-0.39, 0.29) is 0 Å². The molecule has 0 fully saturated rings. The van der Waals surface area contributed by atoms with Gasteiger partial charge in [-0.15, -0.1) is 0 Å². The molecule has 0 spiro atoms. The van der Waals surface area contributed by atoms with Gasteiger partial charge in [0.1, 0.15) is 0 Å². The van der Waals surface area contributed by atoms with Gasteiger partial charge in [0.05, 0.1) is 11.6 Å². The van der Waals surface area contributed by atoms with E-state index in [4.69, 9.17) is 5.26 Å². The van der Waals surface area contributed by atoms with E-state index in [2.05, 4.69) is 49.1 Å². The van der Waals surface area contributed by atoms with Gasteiger partial charge in [-0.3, -0.25) is 0 Å². The van der Waals surface area contributed by atoms with Crippen molar-refractivity contribution < 1.29 is 0 Å². The molecular weight excluding hydrogens is 220 g/mol. The Morgan fingerprint density at radius 2 is 1.44 bits per heavy atom. The molecule has 0 aliphatic heterocycles.